The molecule has 1 fully saturated rings. The van der Waals surface area contributed by atoms with Crippen LogP contribution in [0.2, 0.25) is 0 Å². The van der Waals surface area contributed by atoms with Crippen LogP contribution in [0.1, 0.15) is 13.8 Å². The minimum Gasteiger partial charge on any atom is -0.387 e. The molecule has 1 rings (SSSR count). The normalized spacial score (nSPS) is 17.4. The molecule has 0 radical (unpaired) electrons. The molecule has 1 heterocycles. The SMILES string of the molecule is CC(C)N/C=C(/C#N)C(=O)N1CCN(CCN)CC1. The average molecular weight is 265 g/mol. The number of amides is 1. The Balaban J connectivity index is 2.54. The van der Waals surface area contributed by atoms with Crippen molar-refractivity contribution in [3.8, 4) is 6.07 Å². The largest absolute Gasteiger partial charge is 0.387 e. The summed E-state index contributed by atoms with van der Waals surface area (Å²) in [6.45, 7) is 8.36. The Morgan fingerprint density at radius 2 is 2.05 bits per heavy atom. The van der Waals surface area contributed by atoms with Crippen molar-refractivity contribution in [1.29, 1.82) is 5.26 Å². The third-order valence-corrected chi connectivity index (χ3v) is 3.02. The van der Waals surface area contributed by atoms with E-state index in [1.165, 1.54) is 6.20 Å². The van der Waals surface area contributed by atoms with Crippen molar-refractivity contribution < 1.29 is 4.79 Å². The molecule has 0 aromatic rings. The van der Waals surface area contributed by atoms with E-state index in [1.54, 1.807) is 4.90 Å². The zero-order chi connectivity index (χ0) is 14.3. The van der Waals surface area contributed by atoms with Crippen molar-refractivity contribution in [2.24, 2.45) is 5.73 Å². The maximum atomic E-state index is 12.2. The standard InChI is InChI=1S/C13H23N5O/c1-11(2)16-10-12(9-15)13(19)18-7-5-17(4-3-14)6-8-18/h10-11,16H,3-8,14H2,1-2H3/b12-10-. The summed E-state index contributed by atoms with van der Waals surface area (Å²) in [4.78, 5) is 16.1. The van der Waals surface area contributed by atoms with Crippen LogP contribution in [0.3, 0.4) is 0 Å². The lowest BCUT2D eigenvalue weighted by Crippen LogP contribution is -2.50. The summed E-state index contributed by atoms with van der Waals surface area (Å²) in [5.41, 5.74) is 5.68. The highest BCUT2D eigenvalue weighted by atomic mass is 16.2. The summed E-state index contributed by atoms with van der Waals surface area (Å²) >= 11 is 0. The second-order valence-corrected chi connectivity index (χ2v) is 4.91. The third-order valence-electron chi connectivity index (χ3n) is 3.02. The van der Waals surface area contributed by atoms with Gasteiger partial charge < -0.3 is 16.0 Å². The quantitative estimate of drug-likeness (QED) is 0.517. The number of hydrogen-bond acceptors (Lipinski definition) is 5. The monoisotopic (exact) mass is 265 g/mol. The smallest absolute Gasteiger partial charge is 0.266 e. The highest BCUT2D eigenvalue weighted by Crippen LogP contribution is 2.06. The lowest BCUT2D eigenvalue weighted by molar-refractivity contribution is -0.128. The van der Waals surface area contributed by atoms with Gasteiger partial charge >= 0.3 is 0 Å². The molecule has 0 bridgehead atoms. The van der Waals surface area contributed by atoms with Gasteiger partial charge in [-0.25, -0.2) is 0 Å². The van der Waals surface area contributed by atoms with Crippen molar-refractivity contribution in [3.05, 3.63) is 11.8 Å². The van der Waals surface area contributed by atoms with Crippen LogP contribution in [-0.2, 0) is 4.79 Å². The molecule has 0 aromatic heterocycles. The van der Waals surface area contributed by atoms with E-state index in [9.17, 15) is 4.79 Å². The van der Waals surface area contributed by atoms with E-state index in [-0.39, 0.29) is 17.5 Å². The minimum absolute atomic E-state index is 0.168. The van der Waals surface area contributed by atoms with Crippen molar-refractivity contribution in [2.75, 3.05) is 39.3 Å². The molecule has 6 heteroatoms. The maximum Gasteiger partial charge on any atom is 0.266 e. The first-order chi connectivity index (χ1) is 9.08. The molecule has 1 amide bonds. The van der Waals surface area contributed by atoms with Gasteiger partial charge in [0.05, 0.1) is 0 Å². The van der Waals surface area contributed by atoms with Gasteiger partial charge in [0.1, 0.15) is 11.6 Å². The Labute approximate surface area is 114 Å². The minimum atomic E-state index is -0.192. The number of nitrogens with two attached hydrogens (primary N) is 1. The van der Waals surface area contributed by atoms with Gasteiger partial charge in [-0.15, -0.1) is 0 Å². The predicted octanol–water partition coefficient (Wildman–Crippen LogP) is -0.505. The lowest BCUT2D eigenvalue weighted by Gasteiger charge is -2.34. The third kappa shape index (κ3) is 4.89. The molecule has 1 aliphatic heterocycles. The molecule has 0 aromatic carbocycles. The molecular formula is C13H23N5O. The summed E-state index contributed by atoms with van der Waals surface area (Å²) in [6, 6.07) is 2.17. The van der Waals surface area contributed by atoms with Gasteiger partial charge in [-0.3, -0.25) is 9.69 Å². The number of piperazine rings is 1. The van der Waals surface area contributed by atoms with Crippen molar-refractivity contribution in [1.82, 2.24) is 15.1 Å². The van der Waals surface area contributed by atoms with Crippen molar-refractivity contribution >= 4 is 5.91 Å². The molecule has 0 spiro atoms. The number of carbonyl (C=O) groups is 1. The molecule has 0 unspecified atom stereocenters. The van der Waals surface area contributed by atoms with Gasteiger partial charge in [-0.1, -0.05) is 0 Å². The average Bonchev–Trinajstić information content (AvgIpc) is 2.40. The first-order valence-electron chi connectivity index (χ1n) is 6.66. The summed E-state index contributed by atoms with van der Waals surface area (Å²) in [7, 11) is 0. The second-order valence-electron chi connectivity index (χ2n) is 4.91. The lowest BCUT2D eigenvalue weighted by atomic mass is 10.2. The van der Waals surface area contributed by atoms with E-state index < -0.39 is 0 Å². The molecule has 106 valence electrons. The van der Waals surface area contributed by atoms with E-state index in [4.69, 9.17) is 11.0 Å². The zero-order valence-electron chi connectivity index (χ0n) is 11.7. The van der Waals surface area contributed by atoms with Gasteiger partial charge in [-0.2, -0.15) is 5.26 Å². The molecule has 0 aliphatic carbocycles. The van der Waals surface area contributed by atoms with Gasteiger partial charge in [-0.05, 0) is 13.8 Å². The fourth-order valence-corrected chi connectivity index (χ4v) is 1.92. The molecule has 19 heavy (non-hydrogen) atoms. The Bertz CT molecular complexity index is 364. The summed E-state index contributed by atoms with van der Waals surface area (Å²) < 4.78 is 0. The van der Waals surface area contributed by atoms with Gasteiger partial charge in [0.2, 0.25) is 0 Å². The summed E-state index contributed by atoms with van der Waals surface area (Å²) in [5, 5.41) is 12.0. The Morgan fingerprint density at radius 3 is 2.53 bits per heavy atom. The molecular weight excluding hydrogens is 242 g/mol. The van der Waals surface area contributed by atoms with Crippen LogP contribution in [-0.4, -0.2) is 61.0 Å². The van der Waals surface area contributed by atoms with Gasteiger partial charge in [0.25, 0.3) is 5.91 Å². The van der Waals surface area contributed by atoms with Crippen LogP contribution in [0.25, 0.3) is 0 Å². The van der Waals surface area contributed by atoms with Crippen LogP contribution >= 0.6 is 0 Å². The number of nitriles is 1. The zero-order valence-corrected chi connectivity index (χ0v) is 11.7. The number of carbonyl (C=O) groups excluding carboxylic acids is 1. The number of rotatable bonds is 5. The highest BCUT2D eigenvalue weighted by molar-refractivity contribution is 5.97. The van der Waals surface area contributed by atoms with Crippen LogP contribution in [0, 0.1) is 11.3 Å². The van der Waals surface area contributed by atoms with Crippen molar-refractivity contribution in [2.45, 2.75) is 19.9 Å². The number of nitrogens with zero attached hydrogens (tertiary/aromatic N) is 3. The van der Waals surface area contributed by atoms with Crippen LogP contribution < -0.4 is 11.1 Å². The first kappa shape index (κ1) is 15.5. The molecule has 1 saturated heterocycles. The van der Waals surface area contributed by atoms with E-state index in [0.717, 1.165) is 19.6 Å². The van der Waals surface area contributed by atoms with E-state index in [2.05, 4.69) is 10.2 Å². The molecule has 6 nitrogen and oxygen atoms in total. The Kier molecular flexibility index (Phi) is 6.33. The first-order valence-corrected chi connectivity index (χ1v) is 6.66. The van der Waals surface area contributed by atoms with Crippen LogP contribution in [0.5, 0.6) is 0 Å². The molecule has 3 N–H and O–H groups in total. The van der Waals surface area contributed by atoms with Crippen molar-refractivity contribution in [3.63, 3.8) is 0 Å². The van der Waals surface area contributed by atoms with Gasteiger partial charge in [0.15, 0.2) is 0 Å². The van der Waals surface area contributed by atoms with E-state index in [0.29, 0.717) is 19.6 Å². The van der Waals surface area contributed by atoms with E-state index in [1.807, 2.05) is 19.9 Å². The molecule has 1 aliphatic rings. The summed E-state index contributed by atoms with van der Waals surface area (Å²) in [5.74, 6) is -0.192. The number of hydrogen-bond donors (Lipinski definition) is 2. The second kappa shape index (κ2) is 7.77. The van der Waals surface area contributed by atoms with E-state index >= 15 is 0 Å². The fourth-order valence-electron chi connectivity index (χ4n) is 1.92. The summed E-state index contributed by atoms with van der Waals surface area (Å²) in [6.07, 6.45) is 1.51. The maximum absolute atomic E-state index is 12.2. The topological polar surface area (TPSA) is 85.4 Å². The number of nitrogens with one attached hydrogen (secondary N) is 1. The molecule has 0 saturated carbocycles. The highest BCUT2D eigenvalue weighted by Gasteiger charge is 2.23. The van der Waals surface area contributed by atoms with Gasteiger partial charge in [0, 0.05) is 51.5 Å². The van der Waals surface area contributed by atoms with Crippen LogP contribution in [0.4, 0.5) is 0 Å². The Morgan fingerprint density at radius 1 is 1.42 bits per heavy atom. The Hall–Kier alpha value is -1.58. The van der Waals surface area contributed by atoms with Crippen LogP contribution in [0.15, 0.2) is 11.8 Å². The predicted molar refractivity (Wildman–Crippen MR) is 74.0 cm³/mol. The fraction of sp³-hybridized carbons (Fsp3) is 0.692. The molecule has 0 atom stereocenters.